The quantitative estimate of drug-likeness (QED) is 0.849. The van der Waals surface area contributed by atoms with Crippen LogP contribution in [0, 0.1) is 0 Å². The van der Waals surface area contributed by atoms with Gasteiger partial charge in [-0.3, -0.25) is 4.90 Å². The molecule has 1 atom stereocenters. The number of aromatic nitrogens is 2. The number of morpholine rings is 1. The first-order valence-electron chi connectivity index (χ1n) is 7.64. The molecule has 0 spiro atoms. The van der Waals surface area contributed by atoms with Gasteiger partial charge >= 0.3 is 0 Å². The van der Waals surface area contributed by atoms with Gasteiger partial charge in [0.1, 0.15) is 5.82 Å². The van der Waals surface area contributed by atoms with Gasteiger partial charge in [0.2, 0.25) is 5.13 Å². The van der Waals surface area contributed by atoms with E-state index in [4.69, 9.17) is 9.72 Å². The number of rotatable bonds is 4. The second kappa shape index (κ2) is 6.37. The molecule has 2 aliphatic rings. The molecule has 2 saturated heterocycles. The van der Waals surface area contributed by atoms with Gasteiger partial charge in [-0.1, -0.05) is 13.8 Å². The molecule has 0 aliphatic carbocycles. The molecule has 1 aromatic rings. The summed E-state index contributed by atoms with van der Waals surface area (Å²) in [7, 11) is 0. The van der Waals surface area contributed by atoms with Crippen LogP contribution >= 0.6 is 11.5 Å². The number of ether oxygens (including phenoxy) is 1. The van der Waals surface area contributed by atoms with E-state index in [2.05, 4.69) is 28.0 Å². The Morgan fingerprint density at radius 2 is 2.10 bits per heavy atom. The van der Waals surface area contributed by atoms with Crippen molar-refractivity contribution < 1.29 is 4.74 Å². The van der Waals surface area contributed by atoms with Crippen molar-refractivity contribution in [3.05, 3.63) is 5.82 Å². The standard InChI is InChI=1S/C14H24N4OS/c1-11(2)13-15-14(20-16-13)18-5-3-4-12(18)10-17-6-8-19-9-7-17/h11-12H,3-10H2,1-2H3. The summed E-state index contributed by atoms with van der Waals surface area (Å²) >= 11 is 1.56. The normalized spacial score (nSPS) is 24.8. The largest absolute Gasteiger partial charge is 0.379 e. The SMILES string of the molecule is CC(C)c1nsc(N2CCCC2CN2CCOCC2)n1. The highest BCUT2D eigenvalue weighted by molar-refractivity contribution is 7.09. The maximum atomic E-state index is 5.43. The minimum absolute atomic E-state index is 0.417. The predicted octanol–water partition coefficient (Wildman–Crippen LogP) is 1.96. The summed E-state index contributed by atoms with van der Waals surface area (Å²) in [5.74, 6) is 1.40. The Bertz CT molecular complexity index is 431. The summed E-state index contributed by atoms with van der Waals surface area (Å²) in [5.41, 5.74) is 0. The molecule has 0 N–H and O–H groups in total. The maximum absolute atomic E-state index is 5.43. The molecule has 112 valence electrons. The van der Waals surface area contributed by atoms with E-state index >= 15 is 0 Å². The molecule has 3 rings (SSSR count). The first-order chi connectivity index (χ1) is 9.74. The smallest absolute Gasteiger partial charge is 0.205 e. The van der Waals surface area contributed by atoms with Crippen molar-refractivity contribution in [3.8, 4) is 0 Å². The van der Waals surface area contributed by atoms with Crippen molar-refractivity contribution >= 4 is 16.7 Å². The summed E-state index contributed by atoms with van der Waals surface area (Å²) in [6.07, 6.45) is 2.54. The molecule has 1 aromatic heterocycles. The predicted molar refractivity (Wildman–Crippen MR) is 81.6 cm³/mol. The van der Waals surface area contributed by atoms with Gasteiger partial charge in [-0.05, 0) is 12.8 Å². The highest BCUT2D eigenvalue weighted by Gasteiger charge is 2.29. The minimum atomic E-state index is 0.417. The molecule has 0 bridgehead atoms. The van der Waals surface area contributed by atoms with Crippen molar-refractivity contribution in [2.75, 3.05) is 44.3 Å². The van der Waals surface area contributed by atoms with Crippen LogP contribution in [0.2, 0.25) is 0 Å². The van der Waals surface area contributed by atoms with Gasteiger partial charge in [0.15, 0.2) is 0 Å². The summed E-state index contributed by atoms with van der Waals surface area (Å²) < 4.78 is 9.93. The van der Waals surface area contributed by atoms with Crippen LogP contribution < -0.4 is 4.90 Å². The molecule has 1 unspecified atom stereocenters. The first-order valence-corrected chi connectivity index (χ1v) is 8.41. The van der Waals surface area contributed by atoms with Gasteiger partial charge in [0.05, 0.1) is 13.2 Å². The fourth-order valence-electron chi connectivity index (χ4n) is 2.94. The van der Waals surface area contributed by atoms with Crippen LogP contribution in [0.1, 0.15) is 38.4 Å². The number of hydrogen-bond acceptors (Lipinski definition) is 6. The molecule has 0 saturated carbocycles. The van der Waals surface area contributed by atoms with Gasteiger partial charge in [0, 0.05) is 49.7 Å². The molecule has 5 nitrogen and oxygen atoms in total. The van der Waals surface area contributed by atoms with Gasteiger partial charge < -0.3 is 9.64 Å². The lowest BCUT2D eigenvalue weighted by molar-refractivity contribution is 0.0355. The first kappa shape index (κ1) is 14.2. The summed E-state index contributed by atoms with van der Waals surface area (Å²) in [6.45, 7) is 10.5. The van der Waals surface area contributed by atoms with Crippen LogP contribution in [0.3, 0.4) is 0 Å². The Labute approximate surface area is 125 Å². The van der Waals surface area contributed by atoms with Gasteiger partial charge in [-0.15, -0.1) is 0 Å². The van der Waals surface area contributed by atoms with E-state index in [1.165, 1.54) is 12.8 Å². The Morgan fingerprint density at radius 1 is 1.30 bits per heavy atom. The topological polar surface area (TPSA) is 41.5 Å². The average molecular weight is 296 g/mol. The molecular formula is C14H24N4OS. The third kappa shape index (κ3) is 3.13. The van der Waals surface area contributed by atoms with E-state index in [9.17, 15) is 0 Å². The molecular weight excluding hydrogens is 272 g/mol. The number of nitrogens with zero attached hydrogens (tertiary/aromatic N) is 4. The van der Waals surface area contributed by atoms with E-state index in [0.717, 1.165) is 50.3 Å². The summed E-state index contributed by atoms with van der Waals surface area (Å²) in [5, 5.41) is 1.12. The average Bonchev–Trinajstić information content (AvgIpc) is 3.08. The van der Waals surface area contributed by atoms with Gasteiger partial charge in [0.25, 0.3) is 0 Å². The van der Waals surface area contributed by atoms with E-state index in [-0.39, 0.29) is 0 Å². The molecule has 2 aliphatic heterocycles. The van der Waals surface area contributed by atoms with E-state index in [1.807, 2.05) is 0 Å². The molecule has 0 amide bonds. The maximum Gasteiger partial charge on any atom is 0.205 e. The fourth-order valence-corrected chi connectivity index (χ4v) is 3.84. The minimum Gasteiger partial charge on any atom is -0.379 e. The lowest BCUT2D eigenvalue weighted by atomic mass is 10.2. The van der Waals surface area contributed by atoms with Crippen LogP contribution in [0.15, 0.2) is 0 Å². The number of anilines is 1. The van der Waals surface area contributed by atoms with E-state index < -0.39 is 0 Å². The summed E-state index contributed by atoms with van der Waals surface area (Å²) in [4.78, 5) is 9.72. The zero-order chi connectivity index (χ0) is 13.9. The second-order valence-corrected chi connectivity index (χ2v) is 6.72. The van der Waals surface area contributed by atoms with Crippen LogP contribution in [-0.2, 0) is 4.74 Å². The molecule has 3 heterocycles. The van der Waals surface area contributed by atoms with Gasteiger partial charge in [-0.25, -0.2) is 4.98 Å². The molecule has 0 radical (unpaired) electrons. The van der Waals surface area contributed by atoms with Crippen molar-refractivity contribution in [2.45, 2.75) is 38.6 Å². The highest BCUT2D eigenvalue weighted by atomic mass is 32.1. The van der Waals surface area contributed by atoms with Crippen LogP contribution in [0.4, 0.5) is 5.13 Å². The third-order valence-corrected chi connectivity index (χ3v) is 4.91. The monoisotopic (exact) mass is 296 g/mol. The Morgan fingerprint density at radius 3 is 2.80 bits per heavy atom. The third-order valence-electron chi connectivity index (χ3n) is 4.14. The summed E-state index contributed by atoms with van der Waals surface area (Å²) in [6, 6.07) is 0.598. The van der Waals surface area contributed by atoms with Gasteiger partial charge in [-0.2, -0.15) is 4.37 Å². The number of hydrogen-bond donors (Lipinski definition) is 0. The highest BCUT2D eigenvalue weighted by Crippen LogP contribution is 2.29. The Balaban J connectivity index is 1.64. The van der Waals surface area contributed by atoms with Crippen LogP contribution in [0.5, 0.6) is 0 Å². The Hall–Kier alpha value is -0.720. The second-order valence-electron chi connectivity index (χ2n) is 5.99. The zero-order valence-electron chi connectivity index (χ0n) is 12.4. The molecule has 0 aromatic carbocycles. The lowest BCUT2D eigenvalue weighted by Crippen LogP contribution is -2.45. The van der Waals surface area contributed by atoms with Crippen LogP contribution in [-0.4, -0.2) is 59.7 Å². The van der Waals surface area contributed by atoms with E-state index in [1.54, 1.807) is 11.5 Å². The van der Waals surface area contributed by atoms with Crippen molar-refractivity contribution in [2.24, 2.45) is 0 Å². The van der Waals surface area contributed by atoms with Crippen molar-refractivity contribution in [1.29, 1.82) is 0 Å². The van der Waals surface area contributed by atoms with E-state index in [0.29, 0.717) is 12.0 Å². The fraction of sp³-hybridized carbons (Fsp3) is 0.857. The zero-order valence-corrected chi connectivity index (χ0v) is 13.2. The molecule has 6 heteroatoms. The Kier molecular flexibility index (Phi) is 4.53. The molecule has 20 heavy (non-hydrogen) atoms. The molecule has 2 fully saturated rings. The van der Waals surface area contributed by atoms with Crippen molar-refractivity contribution in [1.82, 2.24) is 14.3 Å². The lowest BCUT2D eigenvalue weighted by Gasteiger charge is -2.32. The van der Waals surface area contributed by atoms with Crippen molar-refractivity contribution in [3.63, 3.8) is 0 Å². The van der Waals surface area contributed by atoms with Crippen LogP contribution in [0.25, 0.3) is 0 Å².